The predicted octanol–water partition coefficient (Wildman–Crippen LogP) is 4.06. The number of halogens is 2. The van der Waals surface area contributed by atoms with E-state index >= 15 is 0 Å². The van der Waals surface area contributed by atoms with Crippen molar-refractivity contribution in [1.29, 1.82) is 0 Å². The second kappa shape index (κ2) is 4.39. The normalized spacial score (nSPS) is 10.6. The molecule has 0 atom stereocenters. The highest BCUT2D eigenvalue weighted by atomic mass is 127. The third-order valence-electron chi connectivity index (χ3n) is 1.96. The van der Waals surface area contributed by atoms with Gasteiger partial charge in [-0.2, -0.15) is 0 Å². The van der Waals surface area contributed by atoms with Crippen LogP contribution in [0.4, 0.5) is 0 Å². The van der Waals surface area contributed by atoms with Crippen molar-refractivity contribution < 1.29 is 9.53 Å². The maximum absolute atomic E-state index is 11.5. The Balaban J connectivity index is 2.69. The van der Waals surface area contributed by atoms with Crippen LogP contribution in [0, 0.1) is 3.57 Å². The monoisotopic (exact) mass is 396 g/mol. The van der Waals surface area contributed by atoms with E-state index in [-0.39, 0.29) is 5.97 Å². The summed E-state index contributed by atoms with van der Waals surface area (Å²) in [4.78, 5) is 12.1. The number of carbonyl (C=O) groups is 1. The highest BCUT2D eigenvalue weighted by Gasteiger charge is 2.16. The Bertz CT molecular complexity index is 535. The van der Waals surface area contributed by atoms with Crippen molar-refractivity contribution in [3.05, 3.63) is 31.1 Å². The van der Waals surface area contributed by atoms with Gasteiger partial charge in [-0.3, -0.25) is 0 Å². The van der Waals surface area contributed by atoms with Crippen LogP contribution in [0.5, 0.6) is 0 Å². The van der Waals surface area contributed by atoms with Gasteiger partial charge in [-0.05, 0) is 40.8 Å². The number of hydrogen-bond donors (Lipinski definition) is 0. The van der Waals surface area contributed by atoms with Crippen molar-refractivity contribution in [2.45, 2.75) is 0 Å². The molecule has 0 saturated carbocycles. The van der Waals surface area contributed by atoms with Crippen LogP contribution in [0.2, 0.25) is 0 Å². The maximum Gasteiger partial charge on any atom is 0.349 e. The van der Waals surface area contributed by atoms with Gasteiger partial charge in [0.1, 0.15) is 4.88 Å². The maximum atomic E-state index is 11.5. The molecular weight excluding hydrogens is 391 g/mol. The number of carbonyl (C=O) groups excluding carboxylic acids is 1. The summed E-state index contributed by atoms with van der Waals surface area (Å²) in [6.07, 6.45) is 0. The van der Waals surface area contributed by atoms with Gasteiger partial charge >= 0.3 is 5.97 Å². The third kappa shape index (κ3) is 2.05. The first-order valence-electron chi connectivity index (χ1n) is 4.09. The zero-order chi connectivity index (χ0) is 11.0. The molecule has 0 saturated heterocycles. The highest BCUT2D eigenvalue weighted by molar-refractivity contribution is 14.1. The van der Waals surface area contributed by atoms with Gasteiger partial charge in [0, 0.05) is 18.1 Å². The standard InChI is InChI=1S/C10H6BrIO2S/c1-14-10(13)9-8(12)6-4-5(11)2-3-7(6)15-9/h2-4H,1H3. The van der Waals surface area contributed by atoms with Crippen molar-refractivity contribution in [3.8, 4) is 0 Å². The second-order valence-corrected chi connectivity index (χ2v) is 5.92. The van der Waals surface area contributed by atoms with E-state index in [1.54, 1.807) is 0 Å². The van der Waals surface area contributed by atoms with E-state index in [2.05, 4.69) is 38.5 Å². The molecule has 1 heterocycles. The van der Waals surface area contributed by atoms with Gasteiger partial charge in [-0.25, -0.2) is 4.79 Å². The molecule has 1 aromatic heterocycles. The average molecular weight is 397 g/mol. The van der Waals surface area contributed by atoms with E-state index in [0.717, 1.165) is 18.1 Å². The molecule has 0 radical (unpaired) electrons. The van der Waals surface area contributed by atoms with Crippen LogP contribution in [0.25, 0.3) is 10.1 Å². The van der Waals surface area contributed by atoms with E-state index in [0.29, 0.717) is 4.88 Å². The number of ether oxygens (including phenoxy) is 1. The molecule has 2 nitrogen and oxygen atoms in total. The van der Waals surface area contributed by atoms with Crippen molar-refractivity contribution in [3.63, 3.8) is 0 Å². The molecule has 2 aromatic rings. The van der Waals surface area contributed by atoms with Crippen LogP contribution in [-0.4, -0.2) is 13.1 Å². The van der Waals surface area contributed by atoms with Gasteiger partial charge in [0.2, 0.25) is 0 Å². The van der Waals surface area contributed by atoms with Crippen molar-refractivity contribution in [1.82, 2.24) is 0 Å². The number of benzene rings is 1. The third-order valence-corrected chi connectivity index (χ3v) is 5.09. The summed E-state index contributed by atoms with van der Waals surface area (Å²) in [6, 6.07) is 5.98. The fraction of sp³-hybridized carbons (Fsp3) is 0.100. The second-order valence-electron chi connectivity index (χ2n) is 2.88. The summed E-state index contributed by atoms with van der Waals surface area (Å²) in [5.74, 6) is -0.267. The van der Waals surface area contributed by atoms with Crippen LogP contribution >= 0.6 is 49.9 Å². The Kier molecular flexibility index (Phi) is 3.32. The van der Waals surface area contributed by atoms with Gasteiger partial charge in [-0.15, -0.1) is 11.3 Å². The average Bonchev–Trinajstić information content (AvgIpc) is 2.55. The molecule has 0 spiro atoms. The molecule has 0 bridgehead atoms. The quantitative estimate of drug-likeness (QED) is 0.536. The SMILES string of the molecule is COC(=O)c1sc2ccc(Br)cc2c1I. The van der Waals surface area contributed by atoms with Crippen LogP contribution in [0.15, 0.2) is 22.7 Å². The van der Waals surface area contributed by atoms with Gasteiger partial charge in [-0.1, -0.05) is 15.9 Å². The summed E-state index contributed by atoms with van der Waals surface area (Å²) in [6.45, 7) is 0. The van der Waals surface area contributed by atoms with E-state index < -0.39 is 0 Å². The molecule has 0 aliphatic heterocycles. The first-order valence-corrected chi connectivity index (χ1v) is 6.78. The molecule has 0 aliphatic rings. The Morgan fingerprint density at radius 2 is 2.27 bits per heavy atom. The van der Waals surface area contributed by atoms with Crippen LogP contribution in [0.3, 0.4) is 0 Å². The Morgan fingerprint density at radius 3 is 2.93 bits per heavy atom. The first-order chi connectivity index (χ1) is 7.13. The topological polar surface area (TPSA) is 26.3 Å². The van der Waals surface area contributed by atoms with Crippen LogP contribution < -0.4 is 0 Å². The lowest BCUT2D eigenvalue weighted by molar-refractivity contribution is 0.0605. The van der Waals surface area contributed by atoms with Crippen molar-refractivity contribution in [2.75, 3.05) is 7.11 Å². The minimum absolute atomic E-state index is 0.267. The fourth-order valence-corrected chi connectivity index (χ4v) is 3.80. The number of methoxy groups -OCH3 is 1. The molecule has 0 unspecified atom stereocenters. The number of rotatable bonds is 1. The molecule has 0 fully saturated rings. The number of hydrogen-bond acceptors (Lipinski definition) is 3. The molecule has 1 aromatic carbocycles. The molecule has 15 heavy (non-hydrogen) atoms. The smallest absolute Gasteiger partial charge is 0.349 e. The lowest BCUT2D eigenvalue weighted by atomic mass is 10.2. The Hall–Kier alpha value is -0.140. The molecule has 2 rings (SSSR count). The molecule has 78 valence electrons. The summed E-state index contributed by atoms with van der Waals surface area (Å²) in [5.41, 5.74) is 0. The summed E-state index contributed by atoms with van der Waals surface area (Å²) in [5, 5.41) is 1.09. The minimum Gasteiger partial charge on any atom is -0.465 e. The van der Waals surface area contributed by atoms with Gasteiger partial charge in [0.25, 0.3) is 0 Å². The predicted molar refractivity (Wildman–Crippen MR) is 73.6 cm³/mol. The minimum atomic E-state index is -0.267. The van der Waals surface area contributed by atoms with E-state index in [4.69, 9.17) is 4.74 Å². The highest BCUT2D eigenvalue weighted by Crippen LogP contribution is 2.34. The molecule has 0 amide bonds. The van der Waals surface area contributed by atoms with E-state index in [9.17, 15) is 4.79 Å². The lowest BCUT2D eigenvalue weighted by Crippen LogP contribution is -1.99. The largest absolute Gasteiger partial charge is 0.465 e. The molecular formula is C10H6BrIO2S. The van der Waals surface area contributed by atoms with E-state index in [1.807, 2.05) is 18.2 Å². The van der Waals surface area contributed by atoms with Crippen molar-refractivity contribution >= 4 is 65.9 Å². The lowest BCUT2D eigenvalue weighted by Gasteiger charge is -1.94. The zero-order valence-electron chi connectivity index (χ0n) is 7.71. The van der Waals surface area contributed by atoms with Crippen LogP contribution in [-0.2, 0) is 4.74 Å². The van der Waals surface area contributed by atoms with Gasteiger partial charge < -0.3 is 4.74 Å². The summed E-state index contributed by atoms with van der Waals surface area (Å²) >= 11 is 7.06. The van der Waals surface area contributed by atoms with Gasteiger partial charge in [0.05, 0.1) is 7.11 Å². The Labute approximate surface area is 113 Å². The number of fused-ring (bicyclic) bond motifs is 1. The summed E-state index contributed by atoms with van der Waals surface area (Å²) < 4.78 is 7.81. The van der Waals surface area contributed by atoms with Crippen molar-refractivity contribution in [2.24, 2.45) is 0 Å². The number of thiophene rings is 1. The van der Waals surface area contributed by atoms with Gasteiger partial charge in [0.15, 0.2) is 0 Å². The first kappa shape index (κ1) is 11.3. The molecule has 0 aliphatic carbocycles. The van der Waals surface area contributed by atoms with Crippen LogP contribution in [0.1, 0.15) is 9.67 Å². The fourth-order valence-electron chi connectivity index (χ4n) is 1.26. The number of esters is 1. The zero-order valence-corrected chi connectivity index (χ0v) is 12.3. The molecule has 0 N–H and O–H groups in total. The van der Waals surface area contributed by atoms with E-state index in [1.165, 1.54) is 18.4 Å². The summed E-state index contributed by atoms with van der Waals surface area (Å²) in [7, 11) is 1.40. The Morgan fingerprint density at radius 1 is 1.53 bits per heavy atom. The molecule has 5 heteroatoms.